The number of benzene rings is 2. The normalized spacial score (nSPS) is 18.5. The third-order valence-electron chi connectivity index (χ3n) is 6.12. The van der Waals surface area contributed by atoms with Crippen molar-refractivity contribution in [2.24, 2.45) is 0 Å². The molecule has 178 valence electrons. The Bertz CT molecular complexity index is 952. The Hall–Kier alpha value is -2.51. The van der Waals surface area contributed by atoms with E-state index in [-0.39, 0.29) is 12.7 Å². The average molecular weight is 470 g/mol. The summed E-state index contributed by atoms with van der Waals surface area (Å²) in [4.78, 5) is 14.8. The lowest BCUT2D eigenvalue weighted by atomic mass is 10.1. The van der Waals surface area contributed by atoms with Gasteiger partial charge < -0.3 is 23.8 Å². The van der Waals surface area contributed by atoms with Gasteiger partial charge in [-0.2, -0.15) is 0 Å². The molecule has 1 amide bonds. The first-order valence-corrected chi connectivity index (χ1v) is 15.5. The van der Waals surface area contributed by atoms with Gasteiger partial charge in [0.15, 0.2) is 24.4 Å². The van der Waals surface area contributed by atoms with Gasteiger partial charge in [0.25, 0.3) is 5.91 Å². The van der Waals surface area contributed by atoms with Gasteiger partial charge in [-0.25, -0.2) is 0 Å². The molecule has 0 bridgehead atoms. The molecule has 1 heterocycles. The molecular formula is C26H35NO5Si. The lowest BCUT2D eigenvalue weighted by Crippen LogP contribution is -2.32. The molecule has 1 saturated heterocycles. The standard InChI is InChI=1S/C26H35NO5Si/c1-29-25-17-21(9-12-23(25)31-18-30-15-16-33(2,3)4)27-14-13-24(26(27)28)32-22-10-7-20(8-11-22)19-5-6-19/h7-12,17,19,24H,5-6,13-16,18H2,1-4H3. The summed E-state index contributed by atoms with van der Waals surface area (Å²) in [6.07, 6.45) is 2.72. The fourth-order valence-corrected chi connectivity index (χ4v) is 4.66. The molecule has 4 rings (SSSR count). The summed E-state index contributed by atoms with van der Waals surface area (Å²) in [6.45, 7) is 8.44. The van der Waals surface area contributed by atoms with Crippen molar-refractivity contribution in [3.8, 4) is 17.2 Å². The van der Waals surface area contributed by atoms with Crippen LogP contribution in [0.4, 0.5) is 5.69 Å². The third-order valence-corrected chi connectivity index (χ3v) is 7.82. The molecule has 2 aromatic rings. The van der Waals surface area contributed by atoms with Gasteiger partial charge in [-0.15, -0.1) is 0 Å². The van der Waals surface area contributed by atoms with Crippen LogP contribution in [0.15, 0.2) is 42.5 Å². The van der Waals surface area contributed by atoms with E-state index in [0.717, 1.165) is 17.5 Å². The molecule has 7 heteroatoms. The molecule has 2 aliphatic rings. The number of ether oxygens (including phenoxy) is 4. The molecule has 1 aliphatic heterocycles. The Morgan fingerprint density at radius 2 is 1.76 bits per heavy atom. The van der Waals surface area contributed by atoms with Crippen molar-refractivity contribution in [1.29, 1.82) is 0 Å². The highest BCUT2D eigenvalue weighted by atomic mass is 28.3. The van der Waals surface area contributed by atoms with Crippen molar-refractivity contribution >= 4 is 19.7 Å². The lowest BCUT2D eigenvalue weighted by molar-refractivity contribution is -0.122. The number of methoxy groups -OCH3 is 1. The maximum atomic E-state index is 13.0. The first-order chi connectivity index (χ1) is 15.8. The molecule has 0 N–H and O–H groups in total. The summed E-state index contributed by atoms with van der Waals surface area (Å²) in [5.41, 5.74) is 2.14. The van der Waals surface area contributed by atoms with Crippen molar-refractivity contribution in [1.82, 2.24) is 0 Å². The van der Waals surface area contributed by atoms with Crippen LogP contribution in [0.3, 0.4) is 0 Å². The van der Waals surface area contributed by atoms with Crippen LogP contribution in [0.5, 0.6) is 17.2 Å². The summed E-state index contributed by atoms with van der Waals surface area (Å²) < 4.78 is 22.9. The number of carbonyl (C=O) groups excluding carboxylic acids is 1. The second-order valence-corrected chi connectivity index (χ2v) is 15.7. The molecular weight excluding hydrogens is 434 g/mol. The molecule has 1 unspecified atom stereocenters. The van der Waals surface area contributed by atoms with E-state index in [9.17, 15) is 4.79 Å². The van der Waals surface area contributed by atoms with E-state index < -0.39 is 14.2 Å². The molecule has 0 aromatic heterocycles. The largest absolute Gasteiger partial charge is 0.493 e. The van der Waals surface area contributed by atoms with Crippen molar-refractivity contribution in [2.75, 3.05) is 32.0 Å². The lowest BCUT2D eigenvalue weighted by Gasteiger charge is -2.20. The van der Waals surface area contributed by atoms with E-state index in [1.165, 1.54) is 18.4 Å². The van der Waals surface area contributed by atoms with Crippen LogP contribution in [-0.2, 0) is 9.53 Å². The van der Waals surface area contributed by atoms with Crippen LogP contribution in [0.25, 0.3) is 0 Å². The zero-order valence-corrected chi connectivity index (χ0v) is 21.1. The fraction of sp³-hybridized carbons (Fsp3) is 0.500. The highest BCUT2D eigenvalue weighted by Crippen LogP contribution is 2.40. The van der Waals surface area contributed by atoms with E-state index in [1.807, 2.05) is 30.3 Å². The van der Waals surface area contributed by atoms with E-state index in [4.69, 9.17) is 18.9 Å². The summed E-state index contributed by atoms with van der Waals surface area (Å²) in [6, 6.07) is 14.8. The van der Waals surface area contributed by atoms with Crippen molar-refractivity contribution in [3.63, 3.8) is 0 Å². The van der Waals surface area contributed by atoms with Crippen LogP contribution in [-0.4, -0.2) is 47.1 Å². The summed E-state index contributed by atoms with van der Waals surface area (Å²) in [5, 5.41) is 0. The highest BCUT2D eigenvalue weighted by Gasteiger charge is 2.35. The van der Waals surface area contributed by atoms with Gasteiger partial charge in [0.1, 0.15) is 5.75 Å². The molecule has 33 heavy (non-hydrogen) atoms. The van der Waals surface area contributed by atoms with Crippen molar-refractivity contribution in [3.05, 3.63) is 48.0 Å². The number of anilines is 1. The zero-order chi connectivity index (χ0) is 23.4. The summed E-state index contributed by atoms with van der Waals surface area (Å²) in [5.74, 6) is 2.60. The van der Waals surface area contributed by atoms with Crippen LogP contribution in [0.2, 0.25) is 25.7 Å². The predicted octanol–water partition coefficient (Wildman–Crippen LogP) is 5.45. The molecule has 1 saturated carbocycles. The van der Waals surface area contributed by atoms with Gasteiger partial charge in [0.2, 0.25) is 0 Å². The molecule has 0 radical (unpaired) electrons. The zero-order valence-electron chi connectivity index (χ0n) is 20.1. The number of nitrogens with zero attached hydrogens (tertiary/aromatic N) is 1. The summed E-state index contributed by atoms with van der Waals surface area (Å²) >= 11 is 0. The monoisotopic (exact) mass is 469 g/mol. The van der Waals surface area contributed by atoms with E-state index in [2.05, 4.69) is 31.8 Å². The molecule has 1 aliphatic carbocycles. The van der Waals surface area contributed by atoms with Crippen molar-refractivity contribution in [2.45, 2.75) is 57.0 Å². The Kier molecular flexibility index (Phi) is 7.29. The number of rotatable bonds is 11. The Labute approximate surface area is 197 Å². The number of hydrogen-bond donors (Lipinski definition) is 0. The maximum Gasteiger partial charge on any atom is 0.268 e. The van der Waals surface area contributed by atoms with E-state index in [0.29, 0.717) is 37.0 Å². The average Bonchev–Trinajstić information content (AvgIpc) is 3.58. The minimum atomic E-state index is -1.12. The topological polar surface area (TPSA) is 57.2 Å². The fourth-order valence-electron chi connectivity index (χ4n) is 3.90. The van der Waals surface area contributed by atoms with Crippen molar-refractivity contribution < 1.29 is 23.7 Å². The van der Waals surface area contributed by atoms with Crippen LogP contribution in [0, 0.1) is 0 Å². The van der Waals surface area contributed by atoms with Crippen LogP contribution in [0.1, 0.15) is 30.7 Å². The second-order valence-electron chi connectivity index (χ2n) is 10.0. The van der Waals surface area contributed by atoms with Crippen LogP contribution >= 0.6 is 0 Å². The molecule has 2 fully saturated rings. The molecule has 1 atom stereocenters. The Balaban J connectivity index is 1.32. The predicted molar refractivity (Wildman–Crippen MR) is 132 cm³/mol. The Morgan fingerprint density at radius 3 is 2.42 bits per heavy atom. The maximum absolute atomic E-state index is 13.0. The first-order valence-electron chi connectivity index (χ1n) is 11.8. The minimum absolute atomic E-state index is 0.0355. The van der Waals surface area contributed by atoms with Gasteiger partial charge in [0, 0.05) is 39.4 Å². The number of hydrogen-bond acceptors (Lipinski definition) is 5. The number of amides is 1. The van der Waals surface area contributed by atoms with Crippen LogP contribution < -0.4 is 19.1 Å². The Morgan fingerprint density at radius 1 is 1.00 bits per heavy atom. The van der Waals surface area contributed by atoms with Gasteiger partial charge >= 0.3 is 0 Å². The minimum Gasteiger partial charge on any atom is -0.493 e. The first kappa shape index (κ1) is 23.6. The second kappa shape index (κ2) is 10.2. The third kappa shape index (κ3) is 6.30. The molecule has 0 spiro atoms. The van der Waals surface area contributed by atoms with E-state index in [1.54, 1.807) is 12.0 Å². The van der Waals surface area contributed by atoms with Gasteiger partial charge in [-0.1, -0.05) is 31.8 Å². The van der Waals surface area contributed by atoms with Gasteiger partial charge in [-0.05, 0) is 54.6 Å². The SMILES string of the molecule is COc1cc(N2CCC(Oc3ccc(C4CC4)cc3)C2=O)ccc1OCOCC[Si](C)(C)C. The smallest absolute Gasteiger partial charge is 0.268 e. The van der Waals surface area contributed by atoms with Gasteiger partial charge in [-0.3, -0.25) is 4.79 Å². The quantitative estimate of drug-likeness (QED) is 0.249. The van der Waals surface area contributed by atoms with E-state index >= 15 is 0 Å². The number of carbonyl (C=O) groups is 1. The molecule has 6 nitrogen and oxygen atoms in total. The van der Waals surface area contributed by atoms with Gasteiger partial charge in [0.05, 0.1) is 7.11 Å². The molecule has 2 aromatic carbocycles. The summed E-state index contributed by atoms with van der Waals surface area (Å²) in [7, 11) is 0.476. The highest BCUT2D eigenvalue weighted by molar-refractivity contribution is 6.76.